The molecular formula is C14H17NO3. The highest BCUT2D eigenvalue weighted by atomic mass is 16.4. The van der Waals surface area contributed by atoms with Crippen LogP contribution in [0.3, 0.4) is 0 Å². The van der Waals surface area contributed by atoms with Crippen molar-refractivity contribution in [3.63, 3.8) is 0 Å². The van der Waals surface area contributed by atoms with Gasteiger partial charge in [0.2, 0.25) is 0 Å². The molecule has 0 heterocycles. The first-order chi connectivity index (χ1) is 8.58. The summed E-state index contributed by atoms with van der Waals surface area (Å²) in [6.45, 7) is 2.20. The summed E-state index contributed by atoms with van der Waals surface area (Å²) >= 11 is 0. The van der Waals surface area contributed by atoms with Crippen molar-refractivity contribution in [3.8, 4) is 0 Å². The molecule has 18 heavy (non-hydrogen) atoms. The number of carbonyl (C=O) groups is 2. The SMILES string of the molecule is Cc1ccccc1C(=O)N(CC(=O)O)CC1CC1. The zero-order valence-electron chi connectivity index (χ0n) is 10.4. The summed E-state index contributed by atoms with van der Waals surface area (Å²) < 4.78 is 0. The Morgan fingerprint density at radius 2 is 2.00 bits per heavy atom. The fourth-order valence-electron chi connectivity index (χ4n) is 1.98. The van der Waals surface area contributed by atoms with Gasteiger partial charge in [-0.05, 0) is 37.3 Å². The number of rotatable bonds is 5. The largest absolute Gasteiger partial charge is 0.480 e. The van der Waals surface area contributed by atoms with Crippen LogP contribution in [0.15, 0.2) is 24.3 Å². The molecule has 0 radical (unpaired) electrons. The van der Waals surface area contributed by atoms with E-state index in [0.29, 0.717) is 18.0 Å². The number of carbonyl (C=O) groups excluding carboxylic acids is 1. The van der Waals surface area contributed by atoms with Crippen molar-refractivity contribution in [2.45, 2.75) is 19.8 Å². The van der Waals surface area contributed by atoms with E-state index in [9.17, 15) is 9.59 Å². The highest BCUT2D eigenvalue weighted by Gasteiger charge is 2.28. The average Bonchev–Trinajstić information content (AvgIpc) is 3.11. The molecule has 0 saturated heterocycles. The summed E-state index contributed by atoms with van der Waals surface area (Å²) in [5.41, 5.74) is 1.48. The molecule has 0 aromatic heterocycles. The number of aryl methyl sites for hydroxylation is 1. The van der Waals surface area contributed by atoms with Crippen molar-refractivity contribution in [1.29, 1.82) is 0 Å². The van der Waals surface area contributed by atoms with Crippen molar-refractivity contribution in [3.05, 3.63) is 35.4 Å². The lowest BCUT2D eigenvalue weighted by Gasteiger charge is -2.21. The quantitative estimate of drug-likeness (QED) is 0.865. The normalized spacial score (nSPS) is 14.3. The Bertz CT molecular complexity index is 466. The number of amides is 1. The molecule has 1 saturated carbocycles. The van der Waals surface area contributed by atoms with Crippen LogP contribution in [0.5, 0.6) is 0 Å². The number of carboxylic acid groups (broad SMARTS) is 1. The third-order valence-electron chi connectivity index (χ3n) is 3.16. The first-order valence-corrected chi connectivity index (χ1v) is 6.14. The van der Waals surface area contributed by atoms with E-state index in [1.54, 1.807) is 12.1 Å². The van der Waals surface area contributed by atoms with Gasteiger partial charge in [0.15, 0.2) is 0 Å². The number of hydrogen-bond donors (Lipinski definition) is 1. The van der Waals surface area contributed by atoms with Gasteiger partial charge in [-0.2, -0.15) is 0 Å². The summed E-state index contributed by atoms with van der Waals surface area (Å²) in [4.78, 5) is 24.6. The van der Waals surface area contributed by atoms with Gasteiger partial charge in [-0.3, -0.25) is 9.59 Å². The molecule has 1 fully saturated rings. The topological polar surface area (TPSA) is 57.6 Å². The van der Waals surface area contributed by atoms with Crippen molar-refractivity contribution in [2.24, 2.45) is 5.92 Å². The van der Waals surface area contributed by atoms with Gasteiger partial charge >= 0.3 is 5.97 Å². The Kier molecular flexibility index (Phi) is 3.65. The maximum absolute atomic E-state index is 12.3. The predicted octanol–water partition coefficient (Wildman–Crippen LogP) is 1.93. The summed E-state index contributed by atoms with van der Waals surface area (Å²) in [5, 5.41) is 8.89. The van der Waals surface area contributed by atoms with Gasteiger partial charge in [-0.25, -0.2) is 0 Å². The minimum atomic E-state index is -0.961. The minimum absolute atomic E-state index is 0.178. The lowest BCUT2D eigenvalue weighted by molar-refractivity contribution is -0.137. The second kappa shape index (κ2) is 5.21. The van der Waals surface area contributed by atoms with Crippen LogP contribution >= 0.6 is 0 Å². The summed E-state index contributed by atoms with van der Waals surface area (Å²) in [6, 6.07) is 7.29. The van der Waals surface area contributed by atoms with Crippen molar-refractivity contribution < 1.29 is 14.7 Å². The summed E-state index contributed by atoms with van der Waals surface area (Å²) in [7, 11) is 0. The maximum Gasteiger partial charge on any atom is 0.323 e. The van der Waals surface area contributed by atoms with Crippen LogP contribution in [0.4, 0.5) is 0 Å². The van der Waals surface area contributed by atoms with Crippen LogP contribution in [0.25, 0.3) is 0 Å². The lowest BCUT2D eigenvalue weighted by Crippen LogP contribution is -2.37. The Labute approximate surface area is 106 Å². The van der Waals surface area contributed by atoms with Crippen LogP contribution in [-0.4, -0.2) is 35.0 Å². The molecule has 1 amide bonds. The van der Waals surface area contributed by atoms with Crippen molar-refractivity contribution in [1.82, 2.24) is 4.90 Å². The van der Waals surface area contributed by atoms with E-state index >= 15 is 0 Å². The highest BCUT2D eigenvalue weighted by molar-refractivity contribution is 5.97. The molecule has 1 aromatic rings. The van der Waals surface area contributed by atoms with Crippen molar-refractivity contribution >= 4 is 11.9 Å². The van der Waals surface area contributed by atoms with Gasteiger partial charge < -0.3 is 10.0 Å². The number of hydrogen-bond acceptors (Lipinski definition) is 2. The van der Waals surface area contributed by atoms with Crippen LogP contribution in [0.1, 0.15) is 28.8 Å². The van der Waals surface area contributed by atoms with Gasteiger partial charge in [0.25, 0.3) is 5.91 Å². The fraction of sp³-hybridized carbons (Fsp3) is 0.429. The third kappa shape index (κ3) is 3.09. The maximum atomic E-state index is 12.3. The molecule has 1 aromatic carbocycles. The minimum Gasteiger partial charge on any atom is -0.480 e. The molecule has 0 aliphatic heterocycles. The van der Waals surface area contributed by atoms with Crippen LogP contribution in [0, 0.1) is 12.8 Å². The van der Waals surface area contributed by atoms with Crippen LogP contribution < -0.4 is 0 Å². The monoisotopic (exact) mass is 247 g/mol. The molecule has 4 nitrogen and oxygen atoms in total. The van der Waals surface area contributed by atoms with Gasteiger partial charge in [-0.15, -0.1) is 0 Å². The number of nitrogens with zero attached hydrogens (tertiary/aromatic N) is 1. The first-order valence-electron chi connectivity index (χ1n) is 6.14. The first kappa shape index (κ1) is 12.6. The standard InChI is InChI=1S/C14H17NO3/c1-10-4-2-3-5-12(10)14(18)15(9-13(16)17)8-11-6-7-11/h2-5,11H,6-9H2,1H3,(H,16,17). The molecule has 0 unspecified atom stereocenters. The van der Waals surface area contributed by atoms with E-state index in [1.807, 2.05) is 19.1 Å². The molecule has 0 bridgehead atoms. The molecule has 4 heteroatoms. The summed E-state index contributed by atoms with van der Waals surface area (Å²) in [6.07, 6.45) is 2.19. The Balaban J connectivity index is 2.15. The molecule has 1 aliphatic rings. The van der Waals surface area contributed by atoms with Gasteiger partial charge in [0.1, 0.15) is 6.54 Å². The second-order valence-electron chi connectivity index (χ2n) is 4.84. The molecule has 0 spiro atoms. The van der Waals surface area contributed by atoms with E-state index in [2.05, 4.69) is 0 Å². The average molecular weight is 247 g/mol. The molecule has 2 rings (SSSR count). The number of carboxylic acids is 1. The molecule has 0 atom stereocenters. The van der Waals surface area contributed by atoms with Gasteiger partial charge in [0.05, 0.1) is 0 Å². The van der Waals surface area contributed by atoms with E-state index in [1.165, 1.54) is 4.90 Å². The van der Waals surface area contributed by atoms with E-state index in [4.69, 9.17) is 5.11 Å². The van der Waals surface area contributed by atoms with E-state index < -0.39 is 5.97 Å². The number of aliphatic carboxylic acids is 1. The van der Waals surface area contributed by atoms with Gasteiger partial charge in [0, 0.05) is 12.1 Å². The zero-order chi connectivity index (χ0) is 13.1. The Morgan fingerprint density at radius 1 is 1.33 bits per heavy atom. The Hall–Kier alpha value is -1.84. The van der Waals surface area contributed by atoms with Gasteiger partial charge in [-0.1, -0.05) is 18.2 Å². The van der Waals surface area contributed by atoms with Crippen LogP contribution in [-0.2, 0) is 4.79 Å². The predicted molar refractivity (Wildman–Crippen MR) is 67.4 cm³/mol. The number of benzene rings is 1. The third-order valence-corrected chi connectivity index (χ3v) is 3.16. The summed E-state index contributed by atoms with van der Waals surface area (Å²) in [5.74, 6) is -0.655. The molecular weight excluding hydrogens is 230 g/mol. The Morgan fingerprint density at radius 3 is 2.56 bits per heavy atom. The van der Waals surface area contributed by atoms with Crippen LogP contribution in [0.2, 0.25) is 0 Å². The lowest BCUT2D eigenvalue weighted by atomic mass is 10.1. The molecule has 1 N–H and O–H groups in total. The zero-order valence-corrected chi connectivity index (χ0v) is 10.4. The fourth-order valence-corrected chi connectivity index (χ4v) is 1.98. The smallest absolute Gasteiger partial charge is 0.323 e. The second-order valence-corrected chi connectivity index (χ2v) is 4.84. The van der Waals surface area contributed by atoms with E-state index in [0.717, 1.165) is 18.4 Å². The molecule has 1 aliphatic carbocycles. The molecule has 96 valence electrons. The van der Waals surface area contributed by atoms with Crippen molar-refractivity contribution in [2.75, 3.05) is 13.1 Å². The van der Waals surface area contributed by atoms with E-state index in [-0.39, 0.29) is 12.5 Å². The highest BCUT2D eigenvalue weighted by Crippen LogP contribution is 2.30.